The summed E-state index contributed by atoms with van der Waals surface area (Å²) in [6, 6.07) is 3.49. The van der Waals surface area contributed by atoms with Crippen LogP contribution in [0.3, 0.4) is 0 Å². The molecule has 0 saturated carbocycles. The molecular formula is C24H24Cl3N5O3S2. The summed E-state index contributed by atoms with van der Waals surface area (Å²) in [6.07, 6.45) is 1.33. The Morgan fingerprint density at radius 1 is 1.19 bits per heavy atom. The molecule has 5 heterocycles. The molecule has 37 heavy (non-hydrogen) atoms. The number of amides is 2. The van der Waals surface area contributed by atoms with E-state index < -0.39 is 12.0 Å². The minimum Gasteiger partial charge on any atom is -0.465 e. The number of nitrogens with one attached hydrogen (secondary N) is 1. The average molecular weight is 601 g/mol. The van der Waals surface area contributed by atoms with Crippen LogP contribution >= 0.6 is 57.5 Å². The van der Waals surface area contributed by atoms with E-state index >= 15 is 0 Å². The van der Waals surface area contributed by atoms with Gasteiger partial charge in [0.05, 0.1) is 26.5 Å². The molecule has 3 atom stereocenters. The van der Waals surface area contributed by atoms with Gasteiger partial charge in [-0.3, -0.25) is 10.1 Å². The number of halogens is 3. The van der Waals surface area contributed by atoms with Crippen LogP contribution in [0.4, 0.5) is 14.9 Å². The van der Waals surface area contributed by atoms with Gasteiger partial charge in [0.2, 0.25) is 0 Å². The fourth-order valence-electron chi connectivity index (χ4n) is 5.10. The van der Waals surface area contributed by atoms with Gasteiger partial charge >= 0.3 is 6.09 Å². The van der Waals surface area contributed by atoms with E-state index in [-0.39, 0.29) is 39.2 Å². The maximum absolute atomic E-state index is 13.0. The summed E-state index contributed by atoms with van der Waals surface area (Å²) in [5, 5.41) is 16.6. The molecule has 8 nitrogen and oxygen atoms in total. The van der Waals surface area contributed by atoms with E-state index in [1.165, 1.54) is 39.8 Å². The second-order valence-electron chi connectivity index (χ2n) is 10.3. The van der Waals surface area contributed by atoms with E-state index in [2.05, 4.69) is 36.0 Å². The summed E-state index contributed by atoms with van der Waals surface area (Å²) >= 11 is 21.1. The van der Waals surface area contributed by atoms with E-state index in [0.717, 1.165) is 16.3 Å². The van der Waals surface area contributed by atoms with Crippen LogP contribution in [0.15, 0.2) is 23.7 Å². The Balaban J connectivity index is 1.55. The molecule has 2 N–H and O–H groups in total. The highest BCUT2D eigenvalue weighted by Crippen LogP contribution is 2.51. The molecule has 2 aliphatic heterocycles. The number of carboxylic acid groups (broad SMARTS) is 1. The van der Waals surface area contributed by atoms with E-state index in [0.29, 0.717) is 28.9 Å². The zero-order chi connectivity index (χ0) is 26.6. The summed E-state index contributed by atoms with van der Waals surface area (Å²) in [6.45, 7) is 7.53. The van der Waals surface area contributed by atoms with Crippen LogP contribution in [0.5, 0.6) is 0 Å². The molecule has 0 aliphatic carbocycles. The molecule has 0 aromatic carbocycles. The quantitative estimate of drug-likeness (QED) is 0.311. The van der Waals surface area contributed by atoms with Crippen molar-refractivity contribution in [1.82, 2.24) is 14.9 Å². The number of anilines is 2. The molecule has 0 radical (unpaired) electrons. The van der Waals surface area contributed by atoms with Gasteiger partial charge in [0.1, 0.15) is 15.8 Å². The van der Waals surface area contributed by atoms with Gasteiger partial charge in [0.15, 0.2) is 5.13 Å². The van der Waals surface area contributed by atoms with Crippen molar-refractivity contribution in [3.05, 3.63) is 44.5 Å². The number of aromatic nitrogens is 2. The van der Waals surface area contributed by atoms with Crippen molar-refractivity contribution < 1.29 is 14.7 Å². The number of carbonyl (C=O) groups is 2. The number of thiazole rings is 1. The molecule has 0 bridgehead atoms. The molecule has 2 aliphatic rings. The highest BCUT2D eigenvalue weighted by molar-refractivity contribution is 7.21. The van der Waals surface area contributed by atoms with E-state index in [4.69, 9.17) is 39.8 Å². The summed E-state index contributed by atoms with van der Waals surface area (Å²) in [4.78, 5) is 38.2. The standard InChI is InChI=1S/C24H24Cl3N5O3S2/c1-24(2,3)17-5-12-8-31(23(34)35)9-15(12)32(17)21-18(16-6-13(25)10-36-16)29-22(37-21)30-20(33)11-4-14(26)19(27)28-7-11/h4,6-7,10,12,15,17H,5,8-9H2,1-3H3,(H,34,35)(H,29,30,33). The van der Waals surface area contributed by atoms with Gasteiger partial charge in [-0.25, -0.2) is 14.8 Å². The van der Waals surface area contributed by atoms with Crippen LogP contribution in [-0.2, 0) is 0 Å². The lowest BCUT2D eigenvalue weighted by Crippen LogP contribution is -2.46. The molecule has 3 aromatic rings. The summed E-state index contributed by atoms with van der Waals surface area (Å²) in [5.74, 6) is -0.200. The third-order valence-corrected chi connectivity index (χ3v) is 9.77. The molecule has 0 spiro atoms. The first-order valence-electron chi connectivity index (χ1n) is 11.6. The average Bonchev–Trinajstić information content (AvgIpc) is 3.57. The van der Waals surface area contributed by atoms with Crippen molar-refractivity contribution >= 4 is 79.6 Å². The lowest BCUT2D eigenvalue weighted by molar-refractivity contribution is 0.102. The fraction of sp³-hybridized carbons (Fsp3) is 0.417. The number of thiophene rings is 1. The number of likely N-dealkylation sites (tertiary alicyclic amines) is 1. The van der Waals surface area contributed by atoms with Gasteiger partial charge in [-0.05, 0) is 24.0 Å². The number of nitrogens with zero attached hydrogens (tertiary/aromatic N) is 4. The molecule has 2 amide bonds. The molecule has 13 heteroatoms. The predicted octanol–water partition coefficient (Wildman–Crippen LogP) is 7.08. The predicted molar refractivity (Wildman–Crippen MR) is 150 cm³/mol. The third-order valence-electron chi connectivity index (χ3n) is 6.82. The number of hydrogen-bond acceptors (Lipinski definition) is 7. The van der Waals surface area contributed by atoms with Crippen molar-refractivity contribution in [3.63, 3.8) is 0 Å². The molecule has 3 unspecified atom stereocenters. The molecule has 3 aromatic heterocycles. The highest BCUT2D eigenvalue weighted by atomic mass is 35.5. The Bertz CT molecular complexity index is 1370. The first kappa shape index (κ1) is 26.5. The molecule has 196 valence electrons. The van der Waals surface area contributed by atoms with E-state index in [1.807, 2.05) is 11.4 Å². The Hall–Kier alpha value is -2.11. The van der Waals surface area contributed by atoms with Crippen LogP contribution in [-0.4, -0.2) is 57.1 Å². The first-order valence-corrected chi connectivity index (χ1v) is 14.4. The number of rotatable bonds is 4. The Kier molecular flexibility index (Phi) is 7.08. The third kappa shape index (κ3) is 5.14. The van der Waals surface area contributed by atoms with E-state index in [9.17, 15) is 14.7 Å². The second-order valence-corrected chi connectivity index (χ2v) is 13.4. The second kappa shape index (κ2) is 9.89. The van der Waals surface area contributed by atoms with Crippen molar-refractivity contribution in [1.29, 1.82) is 0 Å². The van der Waals surface area contributed by atoms with Gasteiger partial charge in [-0.1, -0.05) is 66.9 Å². The largest absolute Gasteiger partial charge is 0.465 e. The van der Waals surface area contributed by atoms with E-state index in [1.54, 1.807) is 0 Å². The van der Waals surface area contributed by atoms with Gasteiger partial charge < -0.3 is 14.9 Å². The Labute approximate surface area is 237 Å². The van der Waals surface area contributed by atoms with Crippen LogP contribution in [0, 0.1) is 11.3 Å². The van der Waals surface area contributed by atoms with Crippen LogP contribution < -0.4 is 10.2 Å². The lowest BCUT2D eigenvalue weighted by Gasteiger charge is -2.39. The zero-order valence-corrected chi connectivity index (χ0v) is 24.1. The monoisotopic (exact) mass is 599 g/mol. The minimum atomic E-state index is -0.903. The maximum Gasteiger partial charge on any atom is 0.407 e. The molecular weight excluding hydrogens is 577 g/mol. The summed E-state index contributed by atoms with van der Waals surface area (Å²) in [7, 11) is 0. The topological polar surface area (TPSA) is 98.7 Å². The van der Waals surface area contributed by atoms with Crippen molar-refractivity contribution in [2.24, 2.45) is 11.3 Å². The Morgan fingerprint density at radius 2 is 1.95 bits per heavy atom. The van der Waals surface area contributed by atoms with Gasteiger partial charge in [0.25, 0.3) is 5.91 Å². The minimum absolute atomic E-state index is 0.0118. The number of pyridine rings is 1. The van der Waals surface area contributed by atoms with Gasteiger partial charge in [-0.2, -0.15) is 0 Å². The lowest BCUT2D eigenvalue weighted by atomic mass is 9.83. The fourth-order valence-corrected chi connectivity index (χ4v) is 7.59. The van der Waals surface area contributed by atoms with Crippen LogP contribution in [0.25, 0.3) is 10.6 Å². The van der Waals surface area contributed by atoms with Crippen LogP contribution in [0.2, 0.25) is 15.2 Å². The summed E-state index contributed by atoms with van der Waals surface area (Å²) in [5.41, 5.74) is 0.906. The van der Waals surface area contributed by atoms with Crippen molar-refractivity contribution in [2.45, 2.75) is 39.3 Å². The number of carbonyl (C=O) groups excluding carboxylic acids is 1. The normalized spacial score (nSPS) is 21.4. The van der Waals surface area contributed by atoms with Crippen LogP contribution in [0.1, 0.15) is 37.6 Å². The van der Waals surface area contributed by atoms with Crippen molar-refractivity contribution in [2.75, 3.05) is 23.3 Å². The highest BCUT2D eigenvalue weighted by Gasteiger charge is 2.52. The zero-order valence-electron chi connectivity index (χ0n) is 20.2. The Morgan fingerprint density at radius 3 is 2.57 bits per heavy atom. The molecule has 5 rings (SSSR count). The number of fused-ring (bicyclic) bond motifs is 1. The number of hydrogen-bond donors (Lipinski definition) is 2. The van der Waals surface area contributed by atoms with Gasteiger partial charge in [0, 0.05) is 36.6 Å². The maximum atomic E-state index is 13.0. The first-order chi connectivity index (χ1) is 17.4. The van der Waals surface area contributed by atoms with Gasteiger partial charge in [-0.15, -0.1) is 11.3 Å². The SMILES string of the molecule is CC(C)(C)C1CC2CN(C(=O)O)CC2N1c1sc(NC(=O)c2cnc(Cl)c(Cl)c2)nc1-c1cc(Cl)cs1. The molecule has 2 saturated heterocycles. The molecule has 2 fully saturated rings. The summed E-state index contributed by atoms with van der Waals surface area (Å²) < 4.78 is 0. The van der Waals surface area contributed by atoms with Crippen molar-refractivity contribution in [3.8, 4) is 10.6 Å². The smallest absolute Gasteiger partial charge is 0.407 e.